The van der Waals surface area contributed by atoms with Crippen molar-refractivity contribution in [3.63, 3.8) is 0 Å². The summed E-state index contributed by atoms with van der Waals surface area (Å²) in [6.45, 7) is 0.133. The SMILES string of the molecule is Cn1cc(C2(CN)CCC(O)CC2)c(C(F)(F)F)n1. The monoisotopic (exact) mass is 277 g/mol. The van der Waals surface area contributed by atoms with E-state index in [2.05, 4.69) is 5.10 Å². The molecule has 108 valence electrons. The van der Waals surface area contributed by atoms with E-state index in [9.17, 15) is 18.3 Å². The van der Waals surface area contributed by atoms with Crippen LogP contribution in [-0.4, -0.2) is 27.5 Å². The highest BCUT2D eigenvalue weighted by atomic mass is 19.4. The Balaban J connectivity index is 2.44. The summed E-state index contributed by atoms with van der Waals surface area (Å²) in [7, 11) is 1.47. The average Bonchev–Trinajstić information content (AvgIpc) is 2.73. The Morgan fingerprint density at radius 3 is 2.53 bits per heavy atom. The number of aliphatic hydroxyl groups excluding tert-OH is 1. The molecule has 1 saturated carbocycles. The molecule has 3 N–H and O–H groups in total. The topological polar surface area (TPSA) is 64.1 Å². The number of hydrogen-bond donors (Lipinski definition) is 2. The lowest BCUT2D eigenvalue weighted by Crippen LogP contribution is -2.41. The van der Waals surface area contributed by atoms with Crippen molar-refractivity contribution in [3.05, 3.63) is 17.5 Å². The molecular formula is C12H18F3N3O. The predicted molar refractivity (Wildman–Crippen MR) is 63.4 cm³/mol. The summed E-state index contributed by atoms with van der Waals surface area (Å²) in [4.78, 5) is 0. The number of aromatic nitrogens is 2. The van der Waals surface area contributed by atoms with Crippen LogP contribution in [0.4, 0.5) is 13.2 Å². The standard InChI is InChI=1S/C12H18F3N3O/c1-18-6-9(10(17-18)12(13,14)15)11(7-16)4-2-8(19)3-5-11/h6,8,19H,2-5,7,16H2,1H3. The van der Waals surface area contributed by atoms with Gasteiger partial charge in [-0.3, -0.25) is 4.68 Å². The third-order valence-electron chi connectivity index (χ3n) is 3.97. The Kier molecular flexibility index (Phi) is 3.61. The van der Waals surface area contributed by atoms with E-state index in [-0.39, 0.29) is 12.1 Å². The summed E-state index contributed by atoms with van der Waals surface area (Å²) in [6, 6.07) is 0. The number of nitrogens with zero attached hydrogens (tertiary/aromatic N) is 2. The molecule has 2 rings (SSSR count). The van der Waals surface area contributed by atoms with E-state index in [0.29, 0.717) is 25.7 Å². The van der Waals surface area contributed by atoms with Gasteiger partial charge in [0.05, 0.1) is 6.10 Å². The molecule has 7 heteroatoms. The smallest absolute Gasteiger partial charge is 0.393 e. The zero-order chi connectivity index (χ0) is 14.3. The maximum atomic E-state index is 13.0. The van der Waals surface area contributed by atoms with E-state index in [0.717, 1.165) is 0 Å². The Hall–Kier alpha value is -1.08. The van der Waals surface area contributed by atoms with Crippen LogP contribution in [0.2, 0.25) is 0 Å². The first-order valence-electron chi connectivity index (χ1n) is 6.28. The van der Waals surface area contributed by atoms with Gasteiger partial charge in [-0.1, -0.05) is 0 Å². The first-order chi connectivity index (χ1) is 8.78. The maximum absolute atomic E-state index is 13.0. The van der Waals surface area contributed by atoms with Crippen LogP contribution in [0.3, 0.4) is 0 Å². The first-order valence-corrected chi connectivity index (χ1v) is 6.28. The first kappa shape index (κ1) is 14.3. The Morgan fingerprint density at radius 2 is 2.05 bits per heavy atom. The van der Waals surface area contributed by atoms with E-state index in [1.807, 2.05) is 0 Å². The fourth-order valence-corrected chi connectivity index (χ4v) is 2.82. The molecule has 0 unspecified atom stereocenters. The molecule has 4 nitrogen and oxygen atoms in total. The van der Waals surface area contributed by atoms with Crippen LogP contribution in [-0.2, 0) is 18.6 Å². The summed E-state index contributed by atoms with van der Waals surface area (Å²) in [5.41, 5.74) is 4.34. The highest BCUT2D eigenvalue weighted by molar-refractivity contribution is 5.31. The number of nitrogens with two attached hydrogens (primary N) is 1. The van der Waals surface area contributed by atoms with Crippen molar-refractivity contribution >= 4 is 0 Å². The van der Waals surface area contributed by atoms with Gasteiger partial charge >= 0.3 is 6.18 Å². The van der Waals surface area contributed by atoms with Crippen molar-refractivity contribution in [2.24, 2.45) is 12.8 Å². The van der Waals surface area contributed by atoms with E-state index in [1.165, 1.54) is 17.9 Å². The van der Waals surface area contributed by atoms with Gasteiger partial charge in [-0.2, -0.15) is 18.3 Å². The second-order valence-electron chi connectivity index (χ2n) is 5.28. The number of rotatable bonds is 2. The molecule has 19 heavy (non-hydrogen) atoms. The number of aryl methyl sites for hydroxylation is 1. The van der Waals surface area contributed by atoms with Gasteiger partial charge in [0.2, 0.25) is 0 Å². The van der Waals surface area contributed by atoms with Crippen molar-refractivity contribution in [1.82, 2.24) is 9.78 Å². The summed E-state index contributed by atoms with van der Waals surface area (Å²) < 4.78 is 40.3. The van der Waals surface area contributed by atoms with Crippen molar-refractivity contribution in [3.8, 4) is 0 Å². The quantitative estimate of drug-likeness (QED) is 0.862. The van der Waals surface area contributed by atoms with Crippen molar-refractivity contribution < 1.29 is 18.3 Å². The normalized spacial score (nSPS) is 28.6. The van der Waals surface area contributed by atoms with Crippen molar-refractivity contribution in [2.45, 2.75) is 43.4 Å². The summed E-state index contributed by atoms with van der Waals surface area (Å²) in [5, 5.41) is 13.1. The Bertz CT molecular complexity index is 448. The minimum Gasteiger partial charge on any atom is -0.393 e. The van der Waals surface area contributed by atoms with Crippen LogP contribution in [0.1, 0.15) is 36.9 Å². The highest BCUT2D eigenvalue weighted by Crippen LogP contribution is 2.43. The second kappa shape index (κ2) is 4.79. The van der Waals surface area contributed by atoms with Crippen molar-refractivity contribution in [2.75, 3.05) is 6.54 Å². The molecule has 0 amide bonds. The summed E-state index contributed by atoms with van der Waals surface area (Å²) >= 11 is 0. The van der Waals surface area contributed by atoms with E-state index < -0.39 is 23.4 Å². The van der Waals surface area contributed by atoms with Gasteiger partial charge in [-0.05, 0) is 25.7 Å². The molecule has 0 aliphatic heterocycles. The van der Waals surface area contributed by atoms with Crippen LogP contribution in [0.5, 0.6) is 0 Å². The van der Waals surface area contributed by atoms with Crippen molar-refractivity contribution in [1.29, 1.82) is 0 Å². The van der Waals surface area contributed by atoms with Gasteiger partial charge in [0, 0.05) is 30.8 Å². The predicted octanol–water partition coefficient (Wildman–Crippen LogP) is 1.57. The molecule has 0 saturated heterocycles. The lowest BCUT2D eigenvalue weighted by molar-refractivity contribution is -0.142. The van der Waals surface area contributed by atoms with E-state index in [4.69, 9.17) is 5.73 Å². The van der Waals surface area contributed by atoms with Gasteiger partial charge in [0.25, 0.3) is 0 Å². The maximum Gasteiger partial charge on any atom is 0.435 e. The third kappa shape index (κ3) is 2.62. The van der Waals surface area contributed by atoms with Crippen LogP contribution in [0.25, 0.3) is 0 Å². The highest BCUT2D eigenvalue weighted by Gasteiger charge is 2.45. The Morgan fingerprint density at radius 1 is 1.47 bits per heavy atom. The Labute approximate surface area is 109 Å². The molecule has 0 atom stereocenters. The minimum atomic E-state index is -4.48. The van der Waals surface area contributed by atoms with Gasteiger partial charge in [-0.15, -0.1) is 0 Å². The second-order valence-corrected chi connectivity index (χ2v) is 5.28. The van der Waals surface area contributed by atoms with E-state index in [1.54, 1.807) is 0 Å². The zero-order valence-corrected chi connectivity index (χ0v) is 10.7. The van der Waals surface area contributed by atoms with Gasteiger partial charge in [-0.25, -0.2) is 0 Å². The van der Waals surface area contributed by atoms with E-state index >= 15 is 0 Å². The molecule has 1 aromatic rings. The molecule has 1 aliphatic carbocycles. The van der Waals surface area contributed by atoms with Crippen LogP contribution >= 0.6 is 0 Å². The molecule has 0 radical (unpaired) electrons. The van der Waals surface area contributed by atoms with Crippen LogP contribution in [0, 0.1) is 0 Å². The lowest BCUT2D eigenvalue weighted by atomic mass is 9.68. The number of hydrogen-bond acceptors (Lipinski definition) is 3. The van der Waals surface area contributed by atoms with Crippen LogP contribution in [0.15, 0.2) is 6.20 Å². The molecule has 1 aliphatic rings. The van der Waals surface area contributed by atoms with Crippen LogP contribution < -0.4 is 5.73 Å². The molecule has 1 fully saturated rings. The molecular weight excluding hydrogens is 259 g/mol. The number of alkyl halides is 3. The van der Waals surface area contributed by atoms with Gasteiger partial charge in [0.15, 0.2) is 5.69 Å². The lowest BCUT2D eigenvalue weighted by Gasteiger charge is -2.38. The zero-order valence-electron chi connectivity index (χ0n) is 10.7. The number of halogens is 3. The molecule has 0 spiro atoms. The largest absolute Gasteiger partial charge is 0.435 e. The van der Waals surface area contributed by atoms with Gasteiger partial charge in [0.1, 0.15) is 0 Å². The fraction of sp³-hybridized carbons (Fsp3) is 0.750. The van der Waals surface area contributed by atoms with Gasteiger partial charge < -0.3 is 10.8 Å². The molecule has 0 bridgehead atoms. The summed E-state index contributed by atoms with van der Waals surface area (Å²) in [6.07, 6.45) is -1.64. The minimum absolute atomic E-state index is 0.133. The number of aliphatic hydroxyl groups is 1. The third-order valence-corrected chi connectivity index (χ3v) is 3.97. The fourth-order valence-electron chi connectivity index (χ4n) is 2.82. The molecule has 1 aromatic heterocycles. The molecule has 1 heterocycles. The summed E-state index contributed by atoms with van der Waals surface area (Å²) in [5.74, 6) is 0. The molecule has 0 aromatic carbocycles. The average molecular weight is 277 g/mol.